The van der Waals surface area contributed by atoms with E-state index < -0.39 is 62.2 Å². The molecule has 260 valence electrons. The minimum Gasteiger partial charge on any atom is -0.464 e. The molecule has 16 heteroatoms. The minimum absolute atomic E-state index is 0.183. The van der Waals surface area contributed by atoms with Gasteiger partial charge in [-0.15, -0.1) is 0 Å². The fourth-order valence-corrected chi connectivity index (χ4v) is 7.04. The number of nitrogens with two attached hydrogens (primary N) is 1. The molecule has 3 heterocycles. The highest BCUT2D eigenvalue weighted by molar-refractivity contribution is 7.54. The molecule has 1 aliphatic heterocycles. The Labute approximate surface area is 270 Å². The van der Waals surface area contributed by atoms with Gasteiger partial charge in [-0.2, -0.15) is 5.10 Å². The molecule has 3 rings (SSSR count). The fourth-order valence-electron chi connectivity index (χ4n) is 5.14. The second-order valence-electron chi connectivity index (χ2n) is 12.1. The van der Waals surface area contributed by atoms with Crippen LogP contribution in [0.2, 0.25) is 0 Å². The summed E-state index contributed by atoms with van der Waals surface area (Å²) < 4.78 is 38.6. The summed E-state index contributed by atoms with van der Waals surface area (Å²) in [5.74, 6) is -0.715. The van der Waals surface area contributed by atoms with Crippen LogP contribution < -0.4 is 15.9 Å². The molecule has 0 saturated carbocycles. The second kappa shape index (κ2) is 16.4. The lowest BCUT2D eigenvalue weighted by molar-refractivity contribution is -0.147. The van der Waals surface area contributed by atoms with Crippen molar-refractivity contribution in [1.29, 1.82) is 0 Å². The molecule has 0 aromatic carbocycles. The molecule has 15 nitrogen and oxygen atoms in total. The predicted octanol–water partition coefficient (Wildman–Crippen LogP) is 2.90. The first-order valence-electron chi connectivity index (χ1n) is 16.0. The summed E-state index contributed by atoms with van der Waals surface area (Å²) in [6, 6.07) is 1.11. The van der Waals surface area contributed by atoms with Crippen molar-refractivity contribution in [3.8, 4) is 0 Å². The summed E-state index contributed by atoms with van der Waals surface area (Å²) in [7, 11) is -4.25. The van der Waals surface area contributed by atoms with E-state index in [1.807, 2.05) is 27.7 Å². The lowest BCUT2D eigenvalue weighted by Gasteiger charge is -2.32. The number of aromatic nitrogens is 3. The fraction of sp³-hybridized carbons (Fsp3) is 0.733. The maximum Gasteiger partial charge on any atom is 0.342 e. The maximum atomic E-state index is 14.3. The highest BCUT2D eigenvalue weighted by Gasteiger charge is 2.53. The van der Waals surface area contributed by atoms with Crippen LogP contribution in [0.25, 0.3) is 5.52 Å². The third-order valence-electron chi connectivity index (χ3n) is 8.66. The average molecular weight is 671 g/mol. The van der Waals surface area contributed by atoms with Gasteiger partial charge in [0.2, 0.25) is 0 Å². The molecule has 0 unspecified atom stereocenters. The van der Waals surface area contributed by atoms with Crippen molar-refractivity contribution < 1.29 is 43.1 Å². The monoisotopic (exact) mass is 670 g/mol. The SMILES string of the molecule is CCC(CC)COC(=O)[C@H](C)NP(=O)(N[C@@H](C)C(=O)OCC(CC)CC)OC[C@@]1(C)O[C@@H](c2ccc3c(N)ncnn23)[C@H](O)[C@@H]1O. The summed E-state index contributed by atoms with van der Waals surface area (Å²) in [6.07, 6.45) is 0.626. The zero-order valence-electron chi connectivity index (χ0n) is 27.8. The van der Waals surface area contributed by atoms with Gasteiger partial charge in [0.15, 0.2) is 5.82 Å². The van der Waals surface area contributed by atoms with Gasteiger partial charge in [0.05, 0.1) is 25.5 Å². The Morgan fingerprint density at radius 1 is 1.02 bits per heavy atom. The lowest BCUT2D eigenvalue weighted by atomic mass is 9.97. The zero-order valence-corrected chi connectivity index (χ0v) is 28.7. The molecule has 0 spiro atoms. The molecular formula is C30H51N6O9P. The normalized spacial score (nSPS) is 23.2. The van der Waals surface area contributed by atoms with Gasteiger partial charge in [-0.1, -0.05) is 53.4 Å². The maximum absolute atomic E-state index is 14.3. The molecule has 1 saturated heterocycles. The van der Waals surface area contributed by atoms with E-state index >= 15 is 0 Å². The first-order chi connectivity index (χ1) is 21.7. The number of anilines is 1. The average Bonchev–Trinajstić information content (AvgIpc) is 3.56. The second-order valence-corrected chi connectivity index (χ2v) is 14.0. The summed E-state index contributed by atoms with van der Waals surface area (Å²) in [5.41, 5.74) is 5.25. The number of esters is 2. The number of rotatable bonds is 18. The third kappa shape index (κ3) is 9.03. The van der Waals surface area contributed by atoms with Crippen molar-refractivity contribution in [2.45, 2.75) is 110 Å². The van der Waals surface area contributed by atoms with Crippen LogP contribution >= 0.6 is 7.67 Å². The van der Waals surface area contributed by atoms with E-state index in [2.05, 4.69) is 20.3 Å². The van der Waals surface area contributed by atoms with Gasteiger partial charge in [0, 0.05) is 0 Å². The van der Waals surface area contributed by atoms with E-state index in [0.29, 0.717) is 11.2 Å². The van der Waals surface area contributed by atoms with Crippen LogP contribution in [0.5, 0.6) is 0 Å². The number of ether oxygens (including phenoxy) is 3. The Morgan fingerprint density at radius 3 is 2.04 bits per heavy atom. The van der Waals surface area contributed by atoms with Gasteiger partial charge in [-0.25, -0.2) is 19.7 Å². The van der Waals surface area contributed by atoms with Crippen LogP contribution in [0.4, 0.5) is 5.82 Å². The molecule has 1 aliphatic rings. The molecule has 46 heavy (non-hydrogen) atoms. The van der Waals surface area contributed by atoms with Gasteiger partial charge in [-0.3, -0.25) is 14.2 Å². The standard InChI is InChI=1S/C30H51N6O9P/c1-8-20(9-2)14-42-28(39)18(5)34-46(41,35-19(6)29(40)43-15-21(10-3)11-4)44-16-30(7)26(38)24(37)25(45-30)22-12-13-23-27(31)32-17-33-36(22)23/h12-13,17-21,24-26,37-38H,8-11,14-16H2,1-7H3,(H2,31,32,33)(H2,34,35,41)/t18-,19-,24-,25-,26-,30+/m0/s1. The molecule has 0 aliphatic carbocycles. The molecule has 2 aromatic heterocycles. The summed E-state index contributed by atoms with van der Waals surface area (Å²) >= 11 is 0. The van der Waals surface area contributed by atoms with Crippen LogP contribution in [0.3, 0.4) is 0 Å². The van der Waals surface area contributed by atoms with Crippen LogP contribution in [-0.2, 0) is 32.9 Å². The van der Waals surface area contributed by atoms with Crippen molar-refractivity contribution in [1.82, 2.24) is 24.8 Å². The van der Waals surface area contributed by atoms with E-state index in [1.54, 1.807) is 12.1 Å². The van der Waals surface area contributed by atoms with Crippen molar-refractivity contribution in [3.05, 3.63) is 24.2 Å². The first kappa shape index (κ1) is 37.8. The van der Waals surface area contributed by atoms with Crippen LogP contribution in [0.1, 0.15) is 85.9 Å². The summed E-state index contributed by atoms with van der Waals surface area (Å²) in [6.45, 7) is 12.3. The van der Waals surface area contributed by atoms with Gasteiger partial charge in [0.25, 0.3) is 0 Å². The van der Waals surface area contributed by atoms with E-state index in [4.69, 9.17) is 24.5 Å². The molecular weight excluding hydrogens is 619 g/mol. The van der Waals surface area contributed by atoms with Crippen molar-refractivity contribution in [3.63, 3.8) is 0 Å². The number of nitrogen functional groups attached to an aromatic ring is 1. The van der Waals surface area contributed by atoms with E-state index in [-0.39, 0.29) is 30.9 Å². The van der Waals surface area contributed by atoms with Gasteiger partial charge in [0.1, 0.15) is 47.8 Å². The zero-order chi connectivity index (χ0) is 34.2. The number of nitrogens with zero attached hydrogens (tertiary/aromatic N) is 3. The van der Waals surface area contributed by atoms with E-state index in [9.17, 15) is 24.4 Å². The third-order valence-corrected chi connectivity index (χ3v) is 10.6. The Hall–Kier alpha value is -2.65. The quantitative estimate of drug-likeness (QED) is 0.114. The number of hydrogen-bond acceptors (Lipinski definition) is 12. The Bertz CT molecular complexity index is 1310. The molecule has 6 atom stereocenters. The number of hydrogen-bond donors (Lipinski definition) is 5. The van der Waals surface area contributed by atoms with Gasteiger partial charge < -0.3 is 34.7 Å². The largest absolute Gasteiger partial charge is 0.464 e. The number of carbonyl (C=O) groups excluding carboxylic acids is 2. The van der Waals surface area contributed by atoms with Gasteiger partial charge in [-0.05, 0) is 44.7 Å². The smallest absolute Gasteiger partial charge is 0.342 e. The van der Waals surface area contributed by atoms with Crippen LogP contribution in [0, 0.1) is 11.8 Å². The van der Waals surface area contributed by atoms with Crippen molar-refractivity contribution >= 4 is 30.9 Å². The topological polar surface area (TPSA) is 209 Å². The number of fused-ring (bicyclic) bond motifs is 1. The molecule has 0 radical (unpaired) electrons. The number of aliphatic hydroxyl groups excluding tert-OH is 2. The molecule has 2 aromatic rings. The highest BCUT2D eigenvalue weighted by atomic mass is 31.2. The molecule has 6 N–H and O–H groups in total. The van der Waals surface area contributed by atoms with E-state index in [1.165, 1.54) is 31.6 Å². The number of aliphatic hydroxyl groups is 2. The van der Waals surface area contributed by atoms with E-state index in [0.717, 1.165) is 25.7 Å². The Kier molecular flexibility index (Phi) is 13.5. The lowest BCUT2D eigenvalue weighted by Crippen LogP contribution is -2.47. The van der Waals surface area contributed by atoms with Crippen LogP contribution in [0.15, 0.2) is 18.5 Å². The van der Waals surface area contributed by atoms with Crippen molar-refractivity contribution in [2.75, 3.05) is 25.6 Å². The van der Waals surface area contributed by atoms with Gasteiger partial charge >= 0.3 is 19.6 Å². The van der Waals surface area contributed by atoms with Crippen molar-refractivity contribution in [2.24, 2.45) is 11.8 Å². The number of carbonyl (C=O) groups is 2. The molecule has 0 amide bonds. The minimum atomic E-state index is -4.25. The summed E-state index contributed by atoms with van der Waals surface area (Å²) in [4.78, 5) is 29.6. The first-order valence-corrected chi connectivity index (χ1v) is 17.6. The Morgan fingerprint density at radius 2 is 1.54 bits per heavy atom. The predicted molar refractivity (Wildman–Crippen MR) is 170 cm³/mol. The molecule has 0 bridgehead atoms. The molecule has 1 fully saturated rings. The summed E-state index contributed by atoms with van der Waals surface area (Å²) in [5, 5.41) is 31.6. The Balaban J connectivity index is 1.79. The van der Waals surface area contributed by atoms with Crippen LogP contribution in [-0.4, -0.2) is 86.5 Å². The highest BCUT2D eigenvalue weighted by Crippen LogP contribution is 2.45. The number of nitrogens with one attached hydrogen (secondary N) is 2.